The molecular weight excluding hydrogens is 388 g/mol. The number of benzene rings is 1. The van der Waals surface area contributed by atoms with Gasteiger partial charge in [0, 0.05) is 11.0 Å². The monoisotopic (exact) mass is 402 g/mol. The minimum atomic E-state index is -0.697. The number of nitrogens with zero attached hydrogens (tertiary/aromatic N) is 1. The van der Waals surface area contributed by atoms with Crippen molar-refractivity contribution in [2.24, 2.45) is 5.73 Å². The van der Waals surface area contributed by atoms with Gasteiger partial charge in [0.2, 0.25) is 5.91 Å². The molecule has 0 spiro atoms. The highest BCUT2D eigenvalue weighted by molar-refractivity contribution is 9.10. The highest BCUT2D eigenvalue weighted by atomic mass is 79.9. The molecule has 8 heteroatoms. The van der Waals surface area contributed by atoms with Gasteiger partial charge in [-0.1, -0.05) is 27.5 Å². The third-order valence-electron chi connectivity index (χ3n) is 3.63. The molecule has 124 valence electrons. The molecule has 0 unspecified atom stereocenters. The first-order valence-electron chi connectivity index (χ1n) is 7.11. The second kappa shape index (κ2) is 7.79. The summed E-state index contributed by atoms with van der Waals surface area (Å²) in [4.78, 5) is 37.0. The van der Waals surface area contributed by atoms with Crippen LogP contribution in [0, 0.1) is 0 Å². The van der Waals surface area contributed by atoms with E-state index in [1.807, 2.05) is 0 Å². The molecule has 0 aromatic heterocycles. The molecule has 23 heavy (non-hydrogen) atoms. The number of rotatable bonds is 4. The molecular formula is C15H16BrClN2O4. The lowest BCUT2D eigenvalue weighted by atomic mass is 10.0. The fraction of sp³-hybridized carbons (Fsp3) is 0.400. The third kappa shape index (κ3) is 4.45. The van der Waals surface area contributed by atoms with E-state index >= 15 is 0 Å². The normalized spacial score (nSPS) is 17.7. The van der Waals surface area contributed by atoms with E-state index in [0.717, 1.165) is 12.8 Å². The summed E-state index contributed by atoms with van der Waals surface area (Å²) >= 11 is 9.18. The van der Waals surface area contributed by atoms with Crippen molar-refractivity contribution in [2.45, 2.75) is 25.3 Å². The van der Waals surface area contributed by atoms with Gasteiger partial charge in [0.25, 0.3) is 5.91 Å². The summed E-state index contributed by atoms with van der Waals surface area (Å²) < 4.78 is 5.69. The van der Waals surface area contributed by atoms with E-state index in [1.54, 1.807) is 12.1 Å². The SMILES string of the molecule is NC(=O)[C@H]1CCCCN1C(=O)COC(=O)c1cc(Br)ccc1Cl. The van der Waals surface area contributed by atoms with Gasteiger partial charge >= 0.3 is 5.97 Å². The van der Waals surface area contributed by atoms with Crippen LogP contribution in [0.25, 0.3) is 0 Å². The van der Waals surface area contributed by atoms with Crippen LogP contribution in [0.15, 0.2) is 22.7 Å². The van der Waals surface area contributed by atoms with E-state index < -0.39 is 30.4 Å². The Morgan fingerprint density at radius 1 is 1.35 bits per heavy atom. The third-order valence-corrected chi connectivity index (χ3v) is 4.45. The summed E-state index contributed by atoms with van der Waals surface area (Å²) in [7, 11) is 0. The number of piperidine rings is 1. The molecule has 2 rings (SSSR count). The largest absolute Gasteiger partial charge is 0.452 e. The summed E-state index contributed by atoms with van der Waals surface area (Å²) in [5.74, 6) is -1.68. The van der Waals surface area contributed by atoms with Crippen molar-refractivity contribution in [3.05, 3.63) is 33.3 Å². The standard InChI is InChI=1S/C15H16BrClN2O4/c16-9-4-5-11(17)10(7-9)15(22)23-8-13(20)19-6-2-1-3-12(19)14(18)21/h4-5,7,12H,1-3,6,8H2,(H2,18,21)/t12-/m1/s1. The van der Waals surface area contributed by atoms with Crippen LogP contribution in [0.3, 0.4) is 0 Å². The Hall–Kier alpha value is -1.60. The fourth-order valence-electron chi connectivity index (χ4n) is 2.47. The fourth-order valence-corrected chi connectivity index (χ4v) is 3.02. The van der Waals surface area contributed by atoms with E-state index in [2.05, 4.69) is 15.9 Å². The van der Waals surface area contributed by atoms with Crippen LogP contribution in [-0.4, -0.2) is 41.9 Å². The summed E-state index contributed by atoms with van der Waals surface area (Å²) in [5.41, 5.74) is 5.48. The van der Waals surface area contributed by atoms with Gasteiger partial charge in [-0.05, 0) is 37.5 Å². The van der Waals surface area contributed by atoms with Crippen molar-refractivity contribution in [2.75, 3.05) is 13.2 Å². The molecule has 2 amide bonds. The van der Waals surface area contributed by atoms with Gasteiger partial charge in [-0.25, -0.2) is 4.79 Å². The second-order valence-electron chi connectivity index (χ2n) is 5.20. The number of nitrogens with two attached hydrogens (primary N) is 1. The highest BCUT2D eigenvalue weighted by Gasteiger charge is 2.31. The first kappa shape index (κ1) is 17.7. The van der Waals surface area contributed by atoms with Crippen molar-refractivity contribution in [3.63, 3.8) is 0 Å². The van der Waals surface area contributed by atoms with Gasteiger partial charge in [0.15, 0.2) is 6.61 Å². The van der Waals surface area contributed by atoms with E-state index in [9.17, 15) is 14.4 Å². The number of hydrogen-bond donors (Lipinski definition) is 1. The molecule has 1 aliphatic heterocycles. The molecule has 1 saturated heterocycles. The van der Waals surface area contributed by atoms with Crippen molar-refractivity contribution in [1.82, 2.24) is 4.90 Å². The van der Waals surface area contributed by atoms with E-state index in [-0.39, 0.29) is 10.6 Å². The maximum atomic E-state index is 12.2. The summed E-state index contributed by atoms with van der Waals surface area (Å²) in [6, 6.07) is 4.12. The first-order chi connectivity index (χ1) is 10.9. The lowest BCUT2D eigenvalue weighted by Gasteiger charge is -2.33. The Balaban J connectivity index is 1.99. The maximum Gasteiger partial charge on any atom is 0.340 e. The molecule has 1 aromatic carbocycles. The quantitative estimate of drug-likeness (QED) is 0.780. The lowest BCUT2D eigenvalue weighted by molar-refractivity contribution is -0.143. The van der Waals surface area contributed by atoms with Gasteiger partial charge < -0.3 is 15.4 Å². The minimum Gasteiger partial charge on any atom is -0.452 e. The molecule has 0 radical (unpaired) electrons. The van der Waals surface area contributed by atoms with E-state index in [1.165, 1.54) is 11.0 Å². The van der Waals surface area contributed by atoms with Crippen LogP contribution in [0.5, 0.6) is 0 Å². The molecule has 1 aliphatic rings. The van der Waals surface area contributed by atoms with Gasteiger partial charge in [0.05, 0.1) is 10.6 Å². The molecule has 0 saturated carbocycles. The Kier molecular flexibility index (Phi) is 6.01. The number of amides is 2. The number of carbonyl (C=O) groups is 3. The van der Waals surface area contributed by atoms with E-state index in [4.69, 9.17) is 22.1 Å². The van der Waals surface area contributed by atoms with E-state index in [0.29, 0.717) is 17.4 Å². The first-order valence-corrected chi connectivity index (χ1v) is 8.28. The zero-order valence-corrected chi connectivity index (χ0v) is 14.6. The molecule has 1 heterocycles. The highest BCUT2D eigenvalue weighted by Crippen LogP contribution is 2.22. The van der Waals surface area contributed by atoms with Crippen molar-refractivity contribution >= 4 is 45.3 Å². The summed E-state index contributed by atoms with van der Waals surface area (Å²) in [6.45, 7) is -0.0207. The van der Waals surface area contributed by atoms with Crippen LogP contribution in [-0.2, 0) is 14.3 Å². The smallest absolute Gasteiger partial charge is 0.340 e. The van der Waals surface area contributed by atoms with Crippen LogP contribution < -0.4 is 5.73 Å². The zero-order valence-electron chi connectivity index (χ0n) is 12.3. The predicted molar refractivity (Wildman–Crippen MR) is 88.0 cm³/mol. The Morgan fingerprint density at radius 3 is 2.78 bits per heavy atom. The molecule has 0 aliphatic carbocycles. The number of ether oxygens (including phenoxy) is 1. The zero-order chi connectivity index (χ0) is 17.0. The topological polar surface area (TPSA) is 89.7 Å². The molecule has 1 atom stereocenters. The number of likely N-dealkylation sites (tertiary alicyclic amines) is 1. The van der Waals surface area contributed by atoms with Crippen molar-refractivity contribution in [3.8, 4) is 0 Å². The number of carbonyl (C=O) groups excluding carboxylic acids is 3. The van der Waals surface area contributed by atoms with Gasteiger partial charge in [-0.15, -0.1) is 0 Å². The maximum absolute atomic E-state index is 12.2. The number of esters is 1. The molecule has 2 N–H and O–H groups in total. The van der Waals surface area contributed by atoms with Crippen LogP contribution in [0.4, 0.5) is 0 Å². The average Bonchev–Trinajstić information content (AvgIpc) is 2.54. The summed E-state index contributed by atoms with van der Waals surface area (Å²) in [5, 5.41) is 0.235. The van der Waals surface area contributed by atoms with Crippen molar-refractivity contribution in [1.29, 1.82) is 0 Å². The molecule has 0 bridgehead atoms. The second-order valence-corrected chi connectivity index (χ2v) is 6.52. The van der Waals surface area contributed by atoms with Crippen molar-refractivity contribution < 1.29 is 19.1 Å². The average molecular weight is 404 g/mol. The van der Waals surface area contributed by atoms with Gasteiger partial charge in [0.1, 0.15) is 6.04 Å². The molecule has 1 aromatic rings. The Bertz CT molecular complexity index is 638. The summed E-state index contributed by atoms with van der Waals surface area (Å²) in [6.07, 6.45) is 2.16. The predicted octanol–water partition coefficient (Wildman–Crippen LogP) is 2.13. The Morgan fingerprint density at radius 2 is 2.09 bits per heavy atom. The van der Waals surface area contributed by atoms with Crippen LogP contribution >= 0.6 is 27.5 Å². The Labute approximate surface area is 147 Å². The van der Waals surface area contributed by atoms with Crippen LogP contribution in [0.1, 0.15) is 29.6 Å². The lowest BCUT2D eigenvalue weighted by Crippen LogP contribution is -2.51. The van der Waals surface area contributed by atoms with Gasteiger partial charge in [-0.2, -0.15) is 0 Å². The van der Waals surface area contributed by atoms with Crippen LogP contribution in [0.2, 0.25) is 5.02 Å². The number of primary amides is 1. The number of hydrogen-bond acceptors (Lipinski definition) is 4. The molecule has 1 fully saturated rings. The number of halogens is 2. The molecule has 6 nitrogen and oxygen atoms in total. The van der Waals surface area contributed by atoms with Gasteiger partial charge in [-0.3, -0.25) is 9.59 Å². The minimum absolute atomic E-state index is 0.166.